The van der Waals surface area contributed by atoms with Gasteiger partial charge in [0.15, 0.2) is 0 Å². The van der Waals surface area contributed by atoms with Crippen LogP contribution in [0.1, 0.15) is 25.3 Å². The summed E-state index contributed by atoms with van der Waals surface area (Å²) in [6, 6.07) is 10.00. The number of ether oxygens (including phenoxy) is 1. The molecule has 0 heterocycles. The third-order valence-corrected chi connectivity index (χ3v) is 2.65. The van der Waals surface area contributed by atoms with E-state index in [2.05, 4.69) is 0 Å². The second-order valence-corrected chi connectivity index (χ2v) is 3.51. The predicted molar refractivity (Wildman–Crippen MR) is 56.0 cm³/mol. The minimum Gasteiger partial charge on any atom is -0.469 e. The van der Waals surface area contributed by atoms with Gasteiger partial charge in [-0.3, -0.25) is 4.79 Å². The molecule has 0 amide bonds. The molecular formula is C12H16O2. The third-order valence-electron chi connectivity index (χ3n) is 2.65. The van der Waals surface area contributed by atoms with Crippen LogP contribution in [0.3, 0.4) is 0 Å². The first-order valence-electron chi connectivity index (χ1n) is 4.79. The Labute approximate surface area is 84.9 Å². The van der Waals surface area contributed by atoms with E-state index < -0.39 is 0 Å². The summed E-state index contributed by atoms with van der Waals surface area (Å²) < 4.78 is 4.72. The largest absolute Gasteiger partial charge is 0.469 e. The molecule has 0 aliphatic rings. The number of carbonyl (C=O) groups excluding carboxylic acids is 1. The maximum Gasteiger partial charge on any atom is 0.308 e. The highest BCUT2D eigenvalue weighted by Gasteiger charge is 2.21. The molecule has 1 aromatic rings. The number of carbonyl (C=O) groups is 1. The molecule has 2 nitrogen and oxygen atoms in total. The highest BCUT2D eigenvalue weighted by atomic mass is 16.5. The van der Waals surface area contributed by atoms with Gasteiger partial charge < -0.3 is 4.74 Å². The van der Waals surface area contributed by atoms with Crippen LogP contribution in [0.2, 0.25) is 0 Å². The Morgan fingerprint density at radius 1 is 1.21 bits per heavy atom. The van der Waals surface area contributed by atoms with Crippen LogP contribution in [0.4, 0.5) is 0 Å². The summed E-state index contributed by atoms with van der Waals surface area (Å²) in [5.74, 6) is -0.0487. The standard InChI is InChI=1S/C12H16O2/c1-9(10(2)12(13)14-3)11-7-5-4-6-8-11/h4-10H,1-3H3. The summed E-state index contributed by atoms with van der Waals surface area (Å²) in [5.41, 5.74) is 1.17. The van der Waals surface area contributed by atoms with E-state index in [1.807, 2.05) is 44.2 Å². The number of esters is 1. The molecule has 76 valence electrons. The van der Waals surface area contributed by atoms with Gasteiger partial charge in [-0.15, -0.1) is 0 Å². The zero-order valence-electron chi connectivity index (χ0n) is 8.86. The van der Waals surface area contributed by atoms with Gasteiger partial charge in [-0.05, 0) is 11.5 Å². The monoisotopic (exact) mass is 192 g/mol. The Morgan fingerprint density at radius 2 is 1.79 bits per heavy atom. The lowest BCUT2D eigenvalue weighted by molar-refractivity contribution is -0.145. The van der Waals surface area contributed by atoms with Crippen molar-refractivity contribution in [2.45, 2.75) is 19.8 Å². The average Bonchev–Trinajstić information content (AvgIpc) is 2.27. The Morgan fingerprint density at radius 3 is 2.29 bits per heavy atom. The lowest BCUT2D eigenvalue weighted by Gasteiger charge is -2.17. The lowest BCUT2D eigenvalue weighted by atomic mass is 9.89. The Bertz CT molecular complexity index is 292. The Balaban J connectivity index is 2.75. The van der Waals surface area contributed by atoms with Crippen molar-refractivity contribution >= 4 is 5.97 Å². The molecule has 0 aliphatic carbocycles. The minimum absolute atomic E-state index is 0.0950. The molecular weight excluding hydrogens is 176 g/mol. The van der Waals surface area contributed by atoms with E-state index >= 15 is 0 Å². The first-order valence-corrected chi connectivity index (χ1v) is 4.79. The molecule has 0 saturated heterocycles. The van der Waals surface area contributed by atoms with Gasteiger partial charge in [-0.2, -0.15) is 0 Å². The number of benzene rings is 1. The molecule has 0 spiro atoms. The normalized spacial score (nSPS) is 14.5. The quantitative estimate of drug-likeness (QED) is 0.688. The van der Waals surface area contributed by atoms with Crippen molar-refractivity contribution in [3.63, 3.8) is 0 Å². The van der Waals surface area contributed by atoms with E-state index in [4.69, 9.17) is 4.74 Å². The van der Waals surface area contributed by atoms with E-state index in [1.165, 1.54) is 12.7 Å². The second-order valence-electron chi connectivity index (χ2n) is 3.51. The van der Waals surface area contributed by atoms with Gasteiger partial charge >= 0.3 is 5.97 Å². The van der Waals surface area contributed by atoms with Gasteiger partial charge in [-0.1, -0.05) is 44.2 Å². The molecule has 0 N–H and O–H groups in total. The van der Waals surface area contributed by atoms with Crippen LogP contribution in [0.15, 0.2) is 30.3 Å². The highest BCUT2D eigenvalue weighted by molar-refractivity contribution is 5.73. The van der Waals surface area contributed by atoms with Gasteiger partial charge in [-0.25, -0.2) is 0 Å². The number of rotatable bonds is 3. The lowest BCUT2D eigenvalue weighted by Crippen LogP contribution is -2.18. The summed E-state index contributed by atoms with van der Waals surface area (Å²) in [5, 5.41) is 0. The fourth-order valence-corrected chi connectivity index (χ4v) is 1.44. The summed E-state index contributed by atoms with van der Waals surface area (Å²) in [7, 11) is 1.43. The van der Waals surface area contributed by atoms with Crippen LogP contribution in [0, 0.1) is 5.92 Å². The maximum atomic E-state index is 11.3. The van der Waals surface area contributed by atoms with Crippen LogP contribution in [0.25, 0.3) is 0 Å². The topological polar surface area (TPSA) is 26.3 Å². The Kier molecular flexibility index (Phi) is 3.69. The van der Waals surface area contributed by atoms with E-state index in [9.17, 15) is 4.79 Å². The number of hydrogen-bond acceptors (Lipinski definition) is 2. The molecule has 2 unspecified atom stereocenters. The molecule has 0 aromatic heterocycles. The average molecular weight is 192 g/mol. The van der Waals surface area contributed by atoms with Crippen molar-refractivity contribution in [1.82, 2.24) is 0 Å². The van der Waals surface area contributed by atoms with Crippen LogP contribution in [-0.4, -0.2) is 13.1 Å². The smallest absolute Gasteiger partial charge is 0.308 e. The zero-order valence-corrected chi connectivity index (χ0v) is 8.86. The predicted octanol–water partition coefficient (Wildman–Crippen LogP) is 2.60. The summed E-state index contributed by atoms with van der Waals surface area (Å²) in [6.45, 7) is 3.93. The van der Waals surface area contributed by atoms with Crippen molar-refractivity contribution in [3.05, 3.63) is 35.9 Å². The van der Waals surface area contributed by atoms with Crippen LogP contribution in [-0.2, 0) is 9.53 Å². The molecule has 0 bridgehead atoms. The van der Waals surface area contributed by atoms with Crippen LogP contribution < -0.4 is 0 Å². The van der Waals surface area contributed by atoms with Crippen molar-refractivity contribution in [1.29, 1.82) is 0 Å². The van der Waals surface area contributed by atoms with Crippen LogP contribution in [0.5, 0.6) is 0 Å². The van der Waals surface area contributed by atoms with Gasteiger partial charge in [0.05, 0.1) is 13.0 Å². The van der Waals surface area contributed by atoms with E-state index in [1.54, 1.807) is 0 Å². The van der Waals surface area contributed by atoms with Gasteiger partial charge in [0.1, 0.15) is 0 Å². The van der Waals surface area contributed by atoms with Gasteiger partial charge in [0.2, 0.25) is 0 Å². The fourth-order valence-electron chi connectivity index (χ4n) is 1.44. The summed E-state index contributed by atoms with van der Waals surface area (Å²) >= 11 is 0. The van der Waals surface area contributed by atoms with Crippen molar-refractivity contribution in [2.24, 2.45) is 5.92 Å². The molecule has 2 heteroatoms. The van der Waals surface area contributed by atoms with Gasteiger partial charge in [0, 0.05) is 0 Å². The zero-order chi connectivity index (χ0) is 10.6. The molecule has 0 radical (unpaired) electrons. The van der Waals surface area contributed by atoms with Crippen molar-refractivity contribution in [3.8, 4) is 0 Å². The number of hydrogen-bond donors (Lipinski definition) is 0. The Hall–Kier alpha value is -1.31. The molecule has 0 aliphatic heterocycles. The third kappa shape index (κ3) is 2.34. The minimum atomic E-state index is -0.152. The molecule has 14 heavy (non-hydrogen) atoms. The van der Waals surface area contributed by atoms with E-state index in [-0.39, 0.29) is 17.8 Å². The molecule has 1 aromatic carbocycles. The molecule has 0 fully saturated rings. The fraction of sp³-hybridized carbons (Fsp3) is 0.417. The SMILES string of the molecule is COC(=O)C(C)C(C)c1ccccc1. The second kappa shape index (κ2) is 4.80. The number of methoxy groups -OCH3 is 1. The summed E-state index contributed by atoms with van der Waals surface area (Å²) in [4.78, 5) is 11.3. The van der Waals surface area contributed by atoms with E-state index in [0.29, 0.717) is 0 Å². The van der Waals surface area contributed by atoms with E-state index in [0.717, 1.165) is 0 Å². The summed E-state index contributed by atoms with van der Waals surface area (Å²) in [6.07, 6.45) is 0. The molecule has 0 saturated carbocycles. The van der Waals surface area contributed by atoms with Gasteiger partial charge in [0.25, 0.3) is 0 Å². The molecule has 1 rings (SSSR count). The van der Waals surface area contributed by atoms with Crippen molar-refractivity contribution in [2.75, 3.05) is 7.11 Å². The maximum absolute atomic E-state index is 11.3. The van der Waals surface area contributed by atoms with Crippen molar-refractivity contribution < 1.29 is 9.53 Å². The van der Waals surface area contributed by atoms with Crippen LogP contribution >= 0.6 is 0 Å². The first kappa shape index (κ1) is 10.8. The highest BCUT2D eigenvalue weighted by Crippen LogP contribution is 2.24. The molecule has 2 atom stereocenters. The first-order chi connectivity index (χ1) is 6.66.